The van der Waals surface area contributed by atoms with Gasteiger partial charge in [-0.15, -0.1) is 0 Å². The summed E-state index contributed by atoms with van der Waals surface area (Å²) in [5.41, 5.74) is 4.38. The van der Waals surface area contributed by atoms with E-state index in [1.165, 1.54) is 22.4 Å². The number of nitrogens with one attached hydrogen (secondary N) is 2. The van der Waals surface area contributed by atoms with Crippen LogP contribution in [-0.2, 0) is 22.6 Å². The van der Waals surface area contributed by atoms with E-state index in [2.05, 4.69) is 64.2 Å². The average Bonchev–Trinajstić information content (AvgIpc) is 4.21. The summed E-state index contributed by atoms with van der Waals surface area (Å²) in [6, 6.07) is 23.6. The number of fused-ring (bicyclic) bond motifs is 6. The van der Waals surface area contributed by atoms with Gasteiger partial charge in [-0.25, -0.2) is 38.9 Å². The van der Waals surface area contributed by atoms with E-state index in [9.17, 15) is 13.2 Å². The molecule has 4 atom stereocenters. The van der Waals surface area contributed by atoms with E-state index < -0.39 is 24.8 Å². The van der Waals surface area contributed by atoms with E-state index in [-0.39, 0.29) is 35.8 Å². The normalized spacial score (nSPS) is 20.6. The number of anilines is 8. The monoisotopic (exact) mass is 1140 g/mol. The molecule has 0 radical (unpaired) electrons. The van der Waals surface area contributed by atoms with Crippen LogP contribution in [0.4, 0.5) is 68.7 Å². The number of nitrogens with zero attached hydrogens (tertiary/aromatic N) is 16. The van der Waals surface area contributed by atoms with Gasteiger partial charge in [-0.1, -0.05) is 0 Å². The molecule has 22 nitrogen and oxygen atoms in total. The number of morpholine rings is 2. The highest BCUT2D eigenvalue weighted by Gasteiger charge is 2.42. The van der Waals surface area contributed by atoms with Gasteiger partial charge in [-0.2, -0.15) is 33.4 Å². The molecule has 0 saturated carbocycles. The minimum atomic E-state index is -4.54. The van der Waals surface area contributed by atoms with Gasteiger partial charge in [0, 0.05) is 94.1 Å². The van der Waals surface area contributed by atoms with Crippen molar-refractivity contribution in [2.24, 2.45) is 0 Å². The summed E-state index contributed by atoms with van der Waals surface area (Å²) in [6.07, 6.45) is 5.16. The van der Waals surface area contributed by atoms with Crippen molar-refractivity contribution in [3.63, 3.8) is 0 Å². The minimum absolute atomic E-state index is 0.00648. The number of piperazine rings is 1. The molecular formula is C59H63F3N18O4. The molecule has 25 heteroatoms. The highest BCUT2D eigenvalue weighted by atomic mass is 19.4. The molecule has 0 aliphatic carbocycles. The van der Waals surface area contributed by atoms with Gasteiger partial charge in [0.15, 0.2) is 28.8 Å². The lowest BCUT2D eigenvalue weighted by atomic mass is 10.1. The summed E-state index contributed by atoms with van der Waals surface area (Å²) >= 11 is 0. The summed E-state index contributed by atoms with van der Waals surface area (Å²) < 4.78 is 56.5. The number of ether oxygens (including phenoxy) is 2. The Labute approximate surface area is 481 Å². The molecule has 6 fully saturated rings. The van der Waals surface area contributed by atoms with Gasteiger partial charge in [0.2, 0.25) is 0 Å². The number of aromatic nitrogens is 9. The molecule has 6 saturated heterocycles. The number of urea groups is 2. The molecule has 6 aliphatic rings. The number of aryl methyl sites for hydroxylation is 1. The molecule has 84 heavy (non-hydrogen) atoms. The third-order valence-corrected chi connectivity index (χ3v) is 16.8. The van der Waals surface area contributed by atoms with Gasteiger partial charge in [0.1, 0.15) is 23.6 Å². The van der Waals surface area contributed by atoms with Gasteiger partial charge in [0.25, 0.3) is 0 Å². The Kier molecular flexibility index (Phi) is 13.9. The number of benzene rings is 3. The maximum absolute atomic E-state index is 15.4. The van der Waals surface area contributed by atoms with Crippen LogP contribution in [-0.4, -0.2) is 165 Å². The SMILES string of the molecule is CCn1nc(N2CCCC2)c2c(N3CC4CCC(C3)O4)nc(-c3ccc(N(C(=O)Nc4cccnc4)N(C(=O)Nc4ccc(-c5nc(N6CC7CC6CO7)c6cnn(CC(F)(F)F)c6n5)cc4)c4ccc(N5CCN(C)CC5)cc4)cc3)nc21. The lowest BCUT2D eigenvalue weighted by Crippen LogP contribution is -2.54. The number of hydrogen-bond acceptors (Lipinski definition) is 16. The lowest BCUT2D eigenvalue weighted by molar-refractivity contribution is -0.141. The zero-order valence-electron chi connectivity index (χ0n) is 46.6. The quantitative estimate of drug-likeness (QED) is 0.110. The topological polar surface area (TPSA) is 199 Å². The Balaban J connectivity index is 0.828. The standard InChI is InChI=1S/C59H63F3N18O4/c1-3-77-55-49(56(71-77)74-23-4-5-24-74)54(75-32-45-20-21-46(33-75)84-45)69-51(70-55)38-10-14-42(15-11-38)79(58(82)66-40-7-6-22-63-30-40)80(43-18-16-41(17-19-43)73-27-25-72(2)26-28-73)57(81)65-39-12-8-37(9-13-39)50-67-52(76-34-47-29-44(76)35-83-47)48-31-64-78(53(48)68-50)36-59(60,61)62/h6-19,22,30-31,44-47H,3-5,20-21,23-29,32-36H2,1-2H3,(H,65,81)(H,66,82). The van der Waals surface area contributed by atoms with E-state index in [0.717, 1.165) is 104 Å². The number of hydrazine groups is 1. The second-order valence-corrected chi connectivity index (χ2v) is 22.4. The van der Waals surface area contributed by atoms with Crippen LogP contribution in [0.2, 0.25) is 0 Å². The number of likely N-dealkylation sites (N-methyl/N-ethyl adjacent to an activating group) is 1. The highest BCUT2D eigenvalue weighted by Crippen LogP contribution is 2.41. The van der Waals surface area contributed by atoms with Crippen molar-refractivity contribution in [3.8, 4) is 22.8 Å². The van der Waals surface area contributed by atoms with Crippen molar-refractivity contribution in [2.45, 2.75) is 82.6 Å². The molecule has 434 valence electrons. The van der Waals surface area contributed by atoms with Crippen molar-refractivity contribution in [1.82, 2.24) is 49.4 Å². The van der Waals surface area contributed by atoms with Crippen molar-refractivity contribution >= 4 is 80.0 Å². The number of amides is 4. The van der Waals surface area contributed by atoms with E-state index in [0.29, 0.717) is 83.7 Å². The fourth-order valence-electron chi connectivity index (χ4n) is 12.5. The van der Waals surface area contributed by atoms with E-state index in [1.54, 1.807) is 54.7 Å². The predicted molar refractivity (Wildman–Crippen MR) is 314 cm³/mol. The molecule has 3 aromatic carbocycles. The molecule has 0 spiro atoms. The first-order valence-electron chi connectivity index (χ1n) is 28.9. The Morgan fingerprint density at radius 3 is 1.93 bits per heavy atom. The van der Waals surface area contributed by atoms with Crippen LogP contribution in [0.15, 0.2) is 104 Å². The molecule has 6 aliphatic heterocycles. The van der Waals surface area contributed by atoms with E-state index in [1.807, 2.05) is 41.1 Å². The summed E-state index contributed by atoms with van der Waals surface area (Å²) in [6.45, 7) is 9.04. The zero-order chi connectivity index (χ0) is 57.2. The van der Waals surface area contributed by atoms with Crippen molar-refractivity contribution in [1.29, 1.82) is 0 Å². The number of alkyl halides is 3. The Bertz CT molecular complexity index is 3710. The lowest BCUT2D eigenvalue weighted by Gasteiger charge is -2.36. The number of halogens is 3. The van der Waals surface area contributed by atoms with Gasteiger partial charge in [-0.3, -0.25) is 4.98 Å². The second-order valence-electron chi connectivity index (χ2n) is 22.4. The summed E-state index contributed by atoms with van der Waals surface area (Å²) in [7, 11) is 2.10. The number of pyridine rings is 1. The zero-order valence-corrected chi connectivity index (χ0v) is 46.6. The fourth-order valence-corrected chi connectivity index (χ4v) is 12.5. The van der Waals surface area contributed by atoms with Crippen LogP contribution in [0, 0.1) is 0 Å². The van der Waals surface area contributed by atoms with Gasteiger partial charge in [-0.05, 0) is 131 Å². The van der Waals surface area contributed by atoms with Gasteiger partial charge >= 0.3 is 18.2 Å². The van der Waals surface area contributed by atoms with Crippen LogP contribution >= 0.6 is 0 Å². The maximum atomic E-state index is 15.4. The first kappa shape index (κ1) is 53.3. The smallest absolute Gasteiger partial charge is 0.374 e. The number of carbonyl (C=O) groups excluding carboxylic acids is 2. The minimum Gasteiger partial charge on any atom is -0.374 e. The summed E-state index contributed by atoms with van der Waals surface area (Å²) in [5, 5.41) is 19.2. The van der Waals surface area contributed by atoms with Crippen molar-refractivity contribution < 1.29 is 32.2 Å². The molecule has 14 rings (SSSR count). The molecule has 5 aromatic heterocycles. The summed E-state index contributed by atoms with van der Waals surface area (Å²) in [4.78, 5) is 66.3. The van der Waals surface area contributed by atoms with E-state index >= 15 is 9.59 Å². The number of hydrogen-bond donors (Lipinski definition) is 2. The number of carbonyl (C=O) groups is 2. The van der Waals surface area contributed by atoms with Crippen LogP contribution in [0.1, 0.15) is 39.0 Å². The Hall–Kier alpha value is -8.68. The third kappa shape index (κ3) is 10.4. The maximum Gasteiger partial charge on any atom is 0.408 e. The van der Waals surface area contributed by atoms with Crippen molar-refractivity contribution in [2.75, 3.05) is 113 Å². The fraction of sp³-hybridized carbons (Fsp3) is 0.407. The van der Waals surface area contributed by atoms with Crippen molar-refractivity contribution in [3.05, 3.63) is 104 Å². The first-order valence-corrected chi connectivity index (χ1v) is 28.9. The third-order valence-electron chi connectivity index (χ3n) is 16.8. The second kappa shape index (κ2) is 21.8. The van der Waals surface area contributed by atoms with E-state index in [4.69, 9.17) is 29.5 Å². The molecule has 8 aromatic rings. The molecule has 4 bridgehead atoms. The highest BCUT2D eigenvalue weighted by molar-refractivity contribution is 6.13. The predicted octanol–water partition coefficient (Wildman–Crippen LogP) is 8.67. The first-order chi connectivity index (χ1) is 40.9. The number of rotatable bonds is 12. The Morgan fingerprint density at radius 1 is 0.667 bits per heavy atom. The molecule has 2 N–H and O–H groups in total. The average molecular weight is 1150 g/mol. The Morgan fingerprint density at radius 2 is 1.31 bits per heavy atom. The largest absolute Gasteiger partial charge is 0.408 e. The molecule has 4 amide bonds. The molecule has 4 unspecified atom stereocenters. The van der Waals surface area contributed by atoms with Crippen LogP contribution in [0.25, 0.3) is 44.8 Å². The van der Waals surface area contributed by atoms with Gasteiger partial charge in [0.05, 0.1) is 65.8 Å². The molecular weight excluding hydrogens is 1080 g/mol. The van der Waals surface area contributed by atoms with Gasteiger partial charge < -0.3 is 44.6 Å². The molecule has 11 heterocycles. The summed E-state index contributed by atoms with van der Waals surface area (Å²) in [5.74, 6) is 2.88. The van der Waals surface area contributed by atoms with Crippen LogP contribution < -0.4 is 40.3 Å². The van der Waals surface area contributed by atoms with Crippen LogP contribution in [0.5, 0.6) is 0 Å². The van der Waals surface area contributed by atoms with Crippen LogP contribution in [0.3, 0.4) is 0 Å².